The number of hydrogen-bond donors (Lipinski definition) is 2. The summed E-state index contributed by atoms with van der Waals surface area (Å²) in [5.74, 6) is 1.16. The molecule has 0 radical (unpaired) electrons. The van der Waals surface area contributed by atoms with Crippen LogP contribution in [0.3, 0.4) is 0 Å². The van der Waals surface area contributed by atoms with Crippen molar-refractivity contribution in [1.29, 1.82) is 0 Å². The molecular formula is C21H32N2O4. The van der Waals surface area contributed by atoms with Crippen LogP contribution in [0.25, 0.3) is 0 Å². The van der Waals surface area contributed by atoms with E-state index in [2.05, 4.69) is 10.6 Å². The molecular weight excluding hydrogens is 344 g/mol. The van der Waals surface area contributed by atoms with Crippen LogP contribution in [0.15, 0.2) is 24.3 Å². The molecule has 1 aromatic carbocycles. The number of nitrogens with one attached hydrogen (secondary N) is 2. The molecule has 150 valence electrons. The van der Waals surface area contributed by atoms with Gasteiger partial charge in [0.15, 0.2) is 0 Å². The monoisotopic (exact) mass is 376 g/mol. The molecule has 0 aliphatic heterocycles. The number of hydrogen-bond acceptors (Lipinski definition) is 4. The van der Waals surface area contributed by atoms with Gasteiger partial charge in [-0.1, -0.05) is 12.1 Å². The molecule has 1 aliphatic rings. The van der Waals surface area contributed by atoms with Crippen LogP contribution in [0.4, 0.5) is 4.79 Å². The SMILES string of the molecule is COc1cccc(CCC(=O)NC(C)(CNC(=O)OC(C)(C)C)C2CC2)c1. The fraction of sp³-hybridized carbons (Fsp3) is 0.619. The van der Waals surface area contributed by atoms with Crippen LogP contribution >= 0.6 is 0 Å². The van der Waals surface area contributed by atoms with Crippen molar-refractivity contribution in [3.8, 4) is 5.75 Å². The molecule has 6 nitrogen and oxygen atoms in total. The molecule has 1 fully saturated rings. The molecule has 0 heterocycles. The Morgan fingerprint density at radius 2 is 1.89 bits per heavy atom. The average Bonchev–Trinajstić information content (AvgIpc) is 3.42. The fourth-order valence-electron chi connectivity index (χ4n) is 3.05. The summed E-state index contributed by atoms with van der Waals surface area (Å²) in [4.78, 5) is 24.5. The number of rotatable bonds is 8. The normalized spacial score (nSPS) is 16.2. The topological polar surface area (TPSA) is 76.7 Å². The Bertz CT molecular complexity index is 664. The van der Waals surface area contributed by atoms with E-state index in [1.54, 1.807) is 7.11 Å². The van der Waals surface area contributed by atoms with Gasteiger partial charge in [-0.2, -0.15) is 0 Å². The summed E-state index contributed by atoms with van der Waals surface area (Å²) in [5.41, 5.74) is 0.0621. The average molecular weight is 376 g/mol. The van der Waals surface area contributed by atoms with Crippen molar-refractivity contribution in [2.24, 2.45) is 5.92 Å². The van der Waals surface area contributed by atoms with Gasteiger partial charge in [0.05, 0.1) is 12.6 Å². The van der Waals surface area contributed by atoms with E-state index in [1.807, 2.05) is 52.0 Å². The van der Waals surface area contributed by atoms with Crippen molar-refractivity contribution >= 4 is 12.0 Å². The molecule has 1 unspecified atom stereocenters. The second-order valence-corrected chi connectivity index (χ2v) is 8.45. The first kappa shape index (κ1) is 21.1. The zero-order chi connectivity index (χ0) is 20.1. The van der Waals surface area contributed by atoms with E-state index in [0.29, 0.717) is 25.3 Å². The molecule has 1 aliphatic carbocycles. The van der Waals surface area contributed by atoms with Crippen LogP contribution in [-0.4, -0.2) is 36.8 Å². The summed E-state index contributed by atoms with van der Waals surface area (Å²) in [6, 6.07) is 7.73. The molecule has 1 saturated carbocycles. The predicted molar refractivity (Wildman–Crippen MR) is 105 cm³/mol. The van der Waals surface area contributed by atoms with Crippen LogP contribution in [0.2, 0.25) is 0 Å². The van der Waals surface area contributed by atoms with Crippen molar-refractivity contribution in [3.05, 3.63) is 29.8 Å². The summed E-state index contributed by atoms with van der Waals surface area (Å²) in [6.45, 7) is 7.83. The molecule has 1 aromatic rings. The third-order valence-electron chi connectivity index (χ3n) is 4.68. The number of benzene rings is 1. The molecule has 27 heavy (non-hydrogen) atoms. The number of methoxy groups -OCH3 is 1. The quantitative estimate of drug-likeness (QED) is 0.729. The van der Waals surface area contributed by atoms with Crippen molar-refractivity contribution in [1.82, 2.24) is 10.6 Å². The maximum Gasteiger partial charge on any atom is 0.407 e. The number of amides is 2. The lowest BCUT2D eigenvalue weighted by atomic mass is 9.95. The Morgan fingerprint density at radius 1 is 1.19 bits per heavy atom. The van der Waals surface area contributed by atoms with Gasteiger partial charge in [0, 0.05) is 13.0 Å². The third kappa shape index (κ3) is 7.12. The fourth-order valence-corrected chi connectivity index (χ4v) is 3.05. The van der Waals surface area contributed by atoms with Crippen molar-refractivity contribution in [2.75, 3.05) is 13.7 Å². The minimum atomic E-state index is -0.542. The molecule has 2 N–H and O–H groups in total. The molecule has 0 spiro atoms. The predicted octanol–water partition coefficient (Wildman–Crippen LogP) is 3.44. The zero-order valence-corrected chi connectivity index (χ0v) is 17.1. The van der Waals surface area contributed by atoms with Gasteiger partial charge in [-0.25, -0.2) is 4.79 Å². The van der Waals surface area contributed by atoms with E-state index in [0.717, 1.165) is 24.2 Å². The largest absolute Gasteiger partial charge is 0.497 e. The van der Waals surface area contributed by atoms with E-state index in [-0.39, 0.29) is 5.91 Å². The highest BCUT2D eigenvalue weighted by Crippen LogP contribution is 2.39. The molecule has 2 amide bonds. The van der Waals surface area contributed by atoms with Gasteiger partial charge in [-0.05, 0) is 70.6 Å². The number of carbonyl (C=O) groups excluding carboxylic acids is 2. The van der Waals surface area contributed by atoms with Gasteiger partial charge in [0.1, 0.15) is 11.4 Å². The van der Waals surface area contributed by atoms with E-state index in [4.69, 9.17) is 9.47 Å². The highest BCUT2D eigenvalue weighted by molar-refractivity contribution is 5.77. The molecule has 6 heteroatoms. The van der Waals surface area contributed by atoms with Crippen LogP contribution in [0.1, 0.15) is 52.5 Å². The number of ether oxygens (including phenoxy) is 2. The van der Waals surface area contributed by atoms with Gasteiger partial charge < -0.3 is 20.1 Å². The summed E-state index contributed by atoms with van der Waals surface area (Å²) in [7, 11) is 1.63. The van der Waals surface area contributed by atoms with Crippen molar-refractivity contribution < 1.29 is 19.1 Å². The molecule has 1 atom stereocenters. The first-order chi connectivity index (χ1) is 12.6. The van der Waals surface area contributed by atoms with E-state index in [1.165, 1.54) is 0 Å². The minimum Gasteiger partial charge on any atom is -0.497 e. The van der Waals surface area contributed by atoms with Crippen LogP contribution in [0.5, 0.6) is 5.75 Å². The Balaban J connectivity index is 1.86. The first-order valence-corrected chi connectivity index (χ1v) is 9.52. The maximum absolute atomic E-state index is 12.5. The number of aryl methyl sites for hydroxylation is 1. The summed E-state index contributed by atoms with van der Waals surface area (Å²) in [5, 5.41) is 5.93. The number of carbonyl (C=O) groups is 2. The zero-order valence-electron chi connectivity index (χ0n) is 17.1. The van der Waals surface area contributed by atoms with E-state index >= 15 is 0 Å². The van der Waals surface area contributed by atoms with Gasteiger partial charge in [-0.3, -0.25) is 4.79 Å². The van der Waals surface area contributed by atoms with Gasteiger partial charge in [0.2, 0.25) is 5.91 Å². The summed E-state index contributed by atoms with van der Waals surface area (Å²) in [6.07, 6.45) is 2.69. The van der Waals surface area contributed by atoms with Gasteiger partial charge in [0.25, 0.3) is 0 Å². The smallest absolute Gasteiger partial charge is 0.407 e. The van der Waals surface area contributed by atoms with Crippen LogP contribution < -0.4 is 15.4 Å². The Hall–Kier alpha value is -2.24. The van der Waals surface area contributed by atoms with Crippen molar-refractivity contribution in [2.45, 2.75) is 64.5 Å². The number of alkyl carbamates (subject to hydrolysis) is 1. The molecule has 2 rings (SSSR count). The Kier molecular flexibility index (Phi) is 6.73. The standard InChI is InChI=1S/C21H32N2O4/c1-20(2,3)27-19(25)22-14-21(4,16-10-11-16)23-18(24)12-9-15-7-6-8-17(13-15)26-5/h6-8,13,16H,9-12,14H2,1-5H3,(H,22,25)(H,23,24). The maximum atomic E-state index is 12.5. The Morgan fingerprint density at radius 3 is 2.48 bits per heavy atom. The lowest BCUT2D eigenvalue weighted by molar-refractivity contribution is -0.123. The highest BCUT2D eigenvalue weighted by Gasteiger charge is 2.42. The minimum absolute atomic E-state index is 0.0155. The molecule has 0 saturated heterocycles. The summed E-state index contributed by atoms with van der Waals surface area (Å²) < 4.78 is 10.5. The van der Waals surface area contributed by atoms with Gasteiger partial charge in [-0.15, -0.1) is 0 Å². The van der Waals surface area contributed by atoms with Crippen LogP contribution in [-0.2, 0) is 16.0 Å². The van der Waals surface area contributed by atoms with E-state index in [9.17, 15) is 9.59 Å². The molecule has 0 aromatic heterocycles. The van der Waals surface area contributed by atoms with Crippen LogP contribution in [0, 0.1) is 5.92 Å². The lowest BCUT2D eigenvalue weighted by Gasteiger charge is -2.32. The van der Waals surface area contributed by atoms with E-state index < -0.39 is 17.2 Å². The first-order valence-electron chi connectivity index (χ1n) is 9.52. The summed E-state index contributed by atoms with van der Waals surface area (Å²) >= 11 is 0. The lowest BCUT2D eigenvalue weighted by Crippen LogP contribution is -2.55. The van der Waals surface area contributed by atoms with Gasteiger partial charge >= 0.3 is 6.09 Å². The second kappa shape index (κ2) is 8.63. The highest BCUT2D eigenvalue weighted by atomic mass is 16.6. The van der Waals surface area contributed by atoms with Crippen molar-refractivity contribution in [3.63, 3.8) is 0 Å². The molecule has 0 bridgehead atoms. The third-order valence-corrected chi connectivity index (χ3v) is 4.68. The Labute approximate surface area is 162 Å². The second-order valence-electron chi connectivity index (χ2n) is 8.45.